The van der Waals surface area contributed by atoms with Crippen molar-refractivity contribution in [3.63, 3.8) is 0 Å². The molecule has 0 N–H and O–H groups in total. The highest BCUT2D eigenvalue weighted by molar-refractivity contribution is 5.79. The molecule has 1 aliphatic heterocycles. The summed E-state index contributed by atoms with van der Waals surface area (Å²) in [6.45, 7) is 4.05. The van der Waals surface area contributed by atoms with Gasteiger partial charge in [0.1, 0.15) is 5.78 Å². The molecule has 2 nitrogen and oxygen atoms in total. The Morgan fingerprint density at radius 1 is 1.18 bits per heavy atom. The van der Waals surface area contributed by atoms with Crippen molar-refractivity contribution in [3.8, 4) is 0 Å². The van der Waals surface area contributed by atoms with Gasteiger partial charge in [-0.3, -0.25) is 9.69 Å². The molecule has 1 saturated carbocycles. The van der Waals surface area contributed by atoms with E-state index >= 15 is 0 Å². The minimum Gasteiger partial charge on any atom is -0.300 e. The summed E-state index contributed by atoms with van der Waals surface area (Å²) in [4.78, 5) is 13.9. The normalized spacial score (nSPS) is 23.7. The van der Waals surface area contributed by atoms with Crippen molar-refractivity contribution in [1.82, 2.24) is 4.90 Å². The van der Waals surface area contributed by atoms with Gasteiger partial charge in [-0.2, -0.15) is 0 Å². The number of likely N-dealkylation sites (tertiary alicyclic amines) is 1. The average Bonchev–Trinajstić information content (AvgIpc) is 3.11. The third-order valence-electron chi connectivity index (χ3n) is 4.21. The van der Waals surface area contributed by atoms with E-state index in [4.69, 9.17) is 0 Å². The van der Waals surface area contributed by atoms with Crippen molar-refractivity contribution in [3.05, 3.63) is 35.4 Å². The van der Waals surface area contributed by atoms with Gasteiger partial charge >= 0.3 is 0 Å². The number of benzene rings is 1. The van der Waals surface area contributed by atoms with E-state index in [2.05, 4.69) is 36.1 Å². The molecule has 90 valence electrons. The molecule has 0 amide bonds. The monoisotopic (exact) mass is 229 g/mol. The molecular formula is C15H19NO. The van der Waals surface area contributed by atoms with E-state index < -0.39 is 0 Å². The highest BCUT2D eigenvalue weighted by Gasteiger charge is 2.49. The van der Waals surface area contributed by atoms with E-state index in [1.54, 1.807) is 0 Å². The number of piperidine rings is 1. The fourth-order valence-corrected chi connectivity index (χ4v) is 3.02. The number of carbonyl (C=O) groups excluding carboxylic acids is 1. The van der Waals surface area contributed by atoms with Gasteiger partial charge in [0, 0.05) is 31.5 Å². The minimum absolute atomic E-state index is 0.271. The fraction of sp³-hybridized carbons (Fsp3) is 0.533. The molecule has 0 bridgehead atoms. The Kier molecular flexibility index (Phi) is 2.55. The molecule has 2 fully saturated rings. The molecule has 0 unspecified atom stereocenters. The molecule has 1 aliphatic carbocycles. The summed E-state index contributed by atoms with van der Waals surface area (Å²) in [6.07, 6.45) is 4.00. The first kappa shape index (κ1) is 11.0. The summed E-state index contributed by atoms with van der Waals surface area (Å²) in [5.74, 6) is 0.432. The molecule has 1 saturated heterocycles. The molecule has 17 heavy (non-hydrogen) atoms. The lowest BCUT2D eigenvalue weighted by Gasteiger charge is -2.35. The van der Waals surface area contributed by atoms with Crippen LogP contribution in [-0.2, 0) is 10.3 Å². The van der Waals surface area contributed by atoms with E-state index in [1.807, 2.05) is 0 Å². The number of ketones is 1. The van der Waals surface area contributed by atoms with Crippen molar-refractivity contribution in [2.75, 3.05) is 13.1 Å². The second kappa shape index (κ2) is 3.95. The predicted octanol–water partition coefficient (Wildman–Crippen LogP) is 2.65. The van der Waals surface area contributed by atoms with Gasteiger partial charge < -0.3 is 0 Å². The average molecular weight is 229 g/mol. The molecule has 0 spiro atoms. The summed E-state index contributed by atoms with van der Waals surface area (Å²) in [7, 11) is 0. The van der Waals surface area contributed by atoms with Gasteiger partial charge in [0.25, 0.3) is 0 Å². The molecule has 1 aromatic carbocycles. The van der Waals surface area contributed by atoms with Gasteiger partial charge in [0.05, 0.1) is 0 Å². The first-order valence-corrected chi connectivity index (χ1v) is 6.55. The van der Waals surface area contributed by atoms with Crippen molar-refractivity contribution in [2.45, 2.75) is 38.1 Å². The molecule has 0 radical (unpaired) electrons. The molecule has 2 heteroatoms. The van der Waals surface area contributed by atoms with Crippen molar-refractivity contribution in [1.29, 1.82) is 0 Å². The van der Waals surface area contributed by atoms with Crippen LogP contribution in [0.2, 0.25) is 0 Å². The van der Waals surface area contributed by atoms with E-state index in [-0.39, 0.29) is 5.54 Å². The molecule has 0 aromatic heterocycles. The van der Waals surface area contributed by atoms with Crippen LogP contribution in [0.5, 0.6) is 0 Å². The third kappa shape index (κ3) is 1.91. The number of rotatable bonds is 2. The number of hydrogen-bond acceptors (Lipinski definition) is 2. The fourth-order valence-electron chi connectivity index (χ4n) is 3.02. The van der Waals surface area contributed by atoms with Crippen LogP contribution in [0.3, 0.4) is 0 Å². The van der Waals surface area contributed by atoms with E-state index in [9.17, 15) is 4.79 Å². The summed E-state index contributed by atoms with van der Waals surface area (Å²) >= 11 is 0. The first-order chi connectivity index (χ1) is 8.21. The van der Waals surface area contributed by atoms with Crippen molar-refractivity contribution < 1.29 is 4.79 Å². The zero-order valence-corrected chi connectivity index (χ0v) is 10.4. The van der Waals surface area contributed by atoms with Gasteiger partial charge in [-0.1, -0.05) is 29.8 Å². The molecule has 1 aromatic rings. The summed E-state index contributed by atoms with van der Waals surface area (Å²) in [5.41, 5.74) is 3.06. The Bertz CT molecular complexity index is 438. The maximum absolute atomic E-state index is 11.3. The van der Waals surface area contributed by atoms with Crippen LogP contribution in [0.25, 0.3) is 0 Å². The highest BCUT2D eigenvalue weighted by Crippen LogP contribution is 2.51. The van der Waals surface area contributed by atoms with Crippen LogP contribution in [0.4, 0.5) is 0 Å². The SMILES string of the molecule is Cc1cccc(C2(N3CCC(=O)CC3)CC2)c1. The zero-order valence-electron chi connectivity index (χ0n) is 10.4. The van der Waals surface area contributed by atoms with E-state index in [1.165, 1.54) is 24.0 Å². The van der Waals surface area contributed by atoms with E-state index in [0.29, 0.717) is 5.78 Å². The van der Waals surface area contributed by atoms with Crippen molar-refractivity contribution in [2.24, 2.45) is 0 Å². The van der Waals surface area contributed by atoms with Gasteiger partial charge in [-0.15, -0.1) is 0 Å². The highest BCUT2D eigenvalue weighted by atomic mass is 16.1. The van der Waals surface area contributed by atoms with Crippen LogP contribution in [-0.4, -0.2) is 23.8 Å². The van der Waals surface area contributed by atoms with Crippen molar-refractivity contribution >= 4 is 5.78 Å². The molecule has 3 rings (SSSR count). The maximum atomic E-state index is 11.3. The Balaban J connectivity index is 1.84. The van der Waals surface area contributed by atoms with E-state index in [0.717, 1.165) is 25.9 Å². The Labute approximate surface area is 103 Å². The predicted molar refractivity (Wildman–Crippen MR) is 67.9 cm³/mol. The number of Topliss-reactive ketones (excluding diaryl/α,β-unsaturated/α-hetero) is 1. The smallest absolute Gasteiger partial charge is 0.135 e. The van der Waals surface area contributed by atoms with Crippen LogP contribution in [0.15, 0.2) is 24.3 Å². The molecule has 1 heterocycles. The number of hydrogen-bond donors (Lipinski definition) is 0. The summed E-state index contributed by atoms with van der Waals surface area (Å²) in [6, 6.07) is 8.86. The lowest BCUT2D eigenvalue weighted by Crippen LogP contribution is -2.41. The minimum atomic E-state index is 0.271. The van der Waals surface area contributed by atoms with Gasteiger partial charge in [-0.05, 0) is 25.3 Å². The number of carbonyl (C=O) groups is 1. The largest absolute Gasteiger partial charge is 0.300 e. The second-order valence-corrected chi connectivity index (χ2v) is 5.43. The third-order valence-corrected chi connectivity index (χ3v) is 4.21. The number of nitrogens with zero attached hydrogens (tertiary/aromatic N) is 1. The second-order valence-electron chi connectivity index (χ2n) is 5.43. The molecule has 0 atom stereocenters. The quantitative estimate of drug-likeness (QED) is 0.777. The van der Waals surface area contributed by atoms with Crippen LogP contribution < -0.4 is 0 Å². The Hall–Kier alpha value is -1.15. The molecule has 2 aliphatic rings. The Morgan fingerprint density at radius 2 is 1.88 bits per heavy atom. The topological polar surface area (TPSA) is 20.3 Å². The van der Waals surface area contributed by atoms with Crippen LogP contribution >= 0.6 is 0 Å². The zero-order chi connectivity index (χ0) is 11.9. The van der Waals surface area contributed by atoms with Gasteiger partial charge in [0.2, 0.25) is 0 Å². The maximum Gasteiger partial charge on any atom is 0.135 e. The van der Waals surface area contributed by atoms with Crippen LogP contribution in [0, 0.1) is 6.92 Å². The summed E-state index contributed by atoms with van der Waals surface area (Å²) < 4.78 is 0. The summed E-state index contributed by atoms with van der Waals surface area (Å²) in [5, 5.41) is 0. The van der Waals surface area contributed by atoms with Gasteiger partial charge in [0.15, 0.2) is 0 Å². The van der Waals surface area contributed by atoms with Gasteiger partial charge in [-0.25, -0.2) is 0 Å². The first-order valence-electron chi connectivity index (χ1n) is 6.55. The lowest BCUT2D eigenvalue weighted by atomic mass is 9.98. The number of aryl methyl sites for hydroxylation is 1. The Morgan fingerprint density at radius 3 is 2.47 bits per heavy atom. The molecular weight excluding hydrogens is 210 g/mol. The lowest BCUT2D eigenvalue weighted by molar-refractivity contribution is -0.122. The standard InChI is InChI=1S/C15H19NO/c1-12-3-2-4-13(11-12)15(7-8-15)16-9-5-14(17)6-10-16/h2-4,11H,5-10H2,1H3. The van der Waals surface area contributed by atoms with Crippen LogP contribution in [0.1, 0.15) is 36.8 Å².